The van der Waals surface area contributed by atoms with Crippen molar-refractivity contribution in [2.45, 2.75) is 35.4 Å². The molecule has 1 N–H and O–H groups in total. The second kappa shape index (κ2) is 8.15. The minimum atomic E-state index is -0.0222. The molecule has 1 aromatic carbocycles. The first-order valence-electron chi connectivity index (χ1n) is 9.07. The van der Waals surface area contributed by atoms with E-state index >= 15 is 0 Å². The highest BCUT2D eigenvalue weighted by Crippen LogP contribution is 2.41. The molecule has 2 atom stereocenters. The van der Waals surface area contributed by atoms with Crippen molar-refractivity contribution in [1.82, 2.24) is 15.2 Å². The fourth-order valence-corrected chi connectivity index (χ4v) is 4.48. The molecule has 3 aromatic rings. The van der Waals surface area contributed by atoms with E-state index in [1.807, 2.05) is 48.7 Å². The van der Waals surface area contributed by atoms with Crippen molar-refractivity contribution in [3.05, 3.63) is 78.3 Å². The lowest BCUT2D eigenvalue weighted by Gasteiger charge is -2.25. The van der Waals surface area contributed by atoms with Gasteiger partial charge in [-0.2, -0.15) is 0 Å². The molecule has 6 heteroatoms. The van der Waals surface area contributed by atoms with E-state index in [2.05, 4.69) is 40.3 Å². The SMILES string of the molecule is CCCN1C(=S)N[C@H](c2ccccn2)[C@@H]1c1ccc(Sc2ccccc2)o1. The van der Waals surface area contributed by atoms with Crippen molar-refractivity contribution in [3.8, 4) is 0 Å². The van der Waals surface area contributed by atoms with E-state index in [9.17, 15) is 0 Å². The topological polar surface area (TPSA) is 41.3 Å². The summed E-state index contributed by atoms with van der Waals surface area (Å²) in [5, 5.41) is 5.08. The van der Waals surface area contributed by atoms with E-state index in [1.165, 1.54) is 0 Å². The third-order valence-electron chi connectivity index (χ3n) is 4.52. The highest BCUT2D eigenvalue weighted by molar-refractivity contribution is 7.99. The van der Waals surface area contributed by atoms with Gasteiger partial charge < -0.3 is 14.6 Å². The lowest BCUT2D eigenvalue weighted by Crippen LogP contribution is -2.30. The predicted octanol–water partition coefficient (Wildman–Crippen LogP) is 5.21. The summed E-state index contributed by atoms with van der Waals surface area (Å²) in [5.74, 6) is 0.907. The minimum absolute atomic E-state index is 0.00234. The quantitative estimate of drug-likeness (QED) is 0.578. The molecule has 1 aliphatic heterocycles. The van der Waals surface area contributed by atoms with Gasteiger partial charge in [-0.3, -0.25) is 4.98 Å². The van der Waals surface area contributed by atoms with Gasteiger partial charge in [0, 0.05) is 17.6 Å². The number of rotatable bonds is 6. The van der Waals surface area contributed by atoms with Gasteiger partial charge >= 0.3 is 0 Å². The standard InChI is InChI=1S/C21H21N3OS2/c1-2-14-24-20(19(23-21(24)26)16-10-6-7-13-22-16)17-11-12-18(25-17)27-15-8-4-3-5-9-15/h3-13,19-20H,2,14H2,1H3,(H,23,26)/t19-,20+/m1/s1. The molecule has 0 amide bonds. The largest absolute Gasteiger partial charge is 0.452 e. The van der Waals surface area contributed by atoms with Crippen molar-refractivity contribution >= 4 is 29.1 Å². The van der Waals surface area contributed by atoms with Gasteiger partial charge in [0.15, 0.2) is 10.2 Å². The number of nitrogens with one attached hydrogen (secondary N) is 1. The van der Waals surface area contributed by atoms with Crippen LogP contribution in [0.3, 0.4) is 0 Å². The van der Waals surface area contributed by atoms with Crippen LogP contribution in [0.4, 0.5) is 0 Å². The van der Waals surface area contributed by atoms with Crippen molar-refractivity contribution in [1.29, 1.82) is 0 Å². The normalized spacial score (nSPS) is 19.3. The molecule has 27 heavy (non-hydrogen) atoms. The average Bonchev–Trinajstić information content (AvgIpc) is 3.28. The van der Waals surface area contributed by atoms with Crippen molar-refractivity contribution in [3.63, 3.8) is 0 Å². The van der Waals surface area contributed by atoms with E-state index in [-0.39, 0.29) is 12.1 Å². The highest BCUT2D eigenvalue weighted by atomic mass is 32.2. The van der Waals surface area contributed by atoms with Crippen molar-refractivity contribution < 1.29 is 4.42 Å². The van der Waals surface area contributed by atoms with Gasteiger partial charge in [0.05, 0.1) is 11.7 Å². The fourth-order valence-electron chi connectivity index (χ4n) is 3.35. The Balaban J connectivity index is 1.64. The Morgan fingerprint density at radius 1 is 1.11 bits per heavy atom. The van der Waals surface area contributed by atoms with E-state index in [0.717, 1.165) is 39.5 Å². The Kier molecular flexibility index (Phi) is 5.45. The lowest BCUT2D eigenvalue weighted by molar-refractivity contribution is 0.260. The number of nitrogens with zero attached hydrogens (tertiary/aromatic N) is 2. The number of pyridine rings is 1. The molecule has 0 spiro atoms. The minimum Gasteiger partial charge on any atom is -0.452 e. The molecule has 0 aliphatic carbocycles. The summed E-state index contributed by atoms with van der Waals surface area (Å²) in [5.41, 5.74) is 0.970. The molecular weight excluding hydrogens is 374 g/mol. The summed E-state index contributed by atoms with van der Waals surface area (Å²) in [7, 11) is 0. The third kappa shape index (κ3) is 3.87. The fraction of sp³-hybridized carbons (Fsp3) is 0.238. The molecule has 138 valence electrons. The molecular formula is C21H21N3OS2. The van der Waals surface area contributed by atoms with Gasteiger partial charge in [0.25, 0.3) is 0 Å². The maximum atomic E-state index is 6.24. The molecule has 1 saturated heterocycles. The lowest BCUT2D eigenvalue weighted by atomic mass is 10.0. The number of benzene rings is 1. The zero-order valence-corrected chi connectivity index (χ0v) is 16.7. The summed E-state index contributed by atoms with van der Waals surface area (Å²) in [4.78, 5) is 7.91. The van der Waals surface area contributed by atoms with Gasteiger partial charge in [-0.1, -0.05) is 43.0 Å². The van der Waals surface area contributed by atoms with Gasteiger partial charge in [-0.05, 0) is 55.0 Å². The van der Waals surface area contributed by atoms with E-state index in [0.29, 0.717) is 0 Å². The molecule has 1 aliphatic rings. The monoisotopic (exact) mass is 395 g/mol. The number of hydrogen-bond donors (Lipinski definition) is 1. The number of thiocarbonyl (C=S) groups is 1. The Bertz CT molecular complexity index is 898. The first-order chi connectivity index (χ1) is 13.3. The second-order valence-electron chi connectivity index (χ2n) is 6.39. The van der Waals surface area contributed by atoms with Gasteiger partial charge in [0.1, 0.15) is 11.8 Å². The zero-order valence-electron chi connectivity index (χ0n) is 15.0. The zero-order chi connectivity index (χ0) is 18.6. The Morgan fingerprint density at radius 2 is 1.93 bits per heavy atom. The van der Waals surface area contributed by atoms with E-state index < -0.39 is 0 Å². The van der Waals surface area contributed by atoms with Crippen LogP contribution in [0.15, 0.2) is 81.3 Å². The molecule has 0 radical (unpaired) electrons. The van der Waals surface area contributed by atoms with Crippen LogP contribution in [-0.2, 0) is 0 Å². The molecule has 4 nitrogen and oxygen atoms in total. The molecule has 0 unspecified atom stereocenters. The summed E-state index contributed by atoms with van der Waals surface area (Å²) >= 11 is 7.24. The average molecular weight is 396 g/mol. The molecule has 0 bridgehead atoms. The smallest absolute Gasteiger partial charge is 0.170 e. The summed E-state index contributed by atoms with van der Waals surface area (Å²) in [6.07, 6.45) is 2.83. The van der Waals surface area contributed by atoms with Crippen LogP contribution in [0.25, 0.3) is 0 Å². The number of hydrogen-bond acceptors (Lipinski definition) is 4. The molecule has 3 heterocycles. The maximum Gasteiger partial charge on any atom is 0.170 e. The van der Waals surface area contributed by atoms with Crippen LogP contribution in [0, 0.1) is 0 Å². The van der Waals surface area contributed by atoms with Crippen molar-refractivity contribution in [2.75, 3.05) is 6.54 Å². The van der Waals surface area contributed by atoms with Crippen LogP contribution in [-0.4, -0.2) is 21.5 Å². The molecule has 4 rings (SSSR count). The maximum absolute atomic E-state index is 6.24. The summed E-state index contributed by atoms with van der Waals surface area (Å²) in [6.45, 7) is 3.04. The summed E-state index contributed by atoms with van der Waals surface area (Å²) < 4.78 is 6.24. The van der Waals surface area contributed by atoms with E-state index in [1.54, 1.807) is 11.8 Å². The first kappa shape index (κ1) is 18.1. The Labute approximate surface area is 169 Å². The molecule has 2 aromatic heterocycles. The van der Waals surface area contributed by atoms with Crippen LogP contribution in [0.1, 0.15) is 36.9 Å². The van der Waals surface area contributed by atoms with Gasteiger partial charge in [-0.25, -0.2) is 0 Å². The number of aromatic nitrogens is 1. The van der Waals surface area contributed by atoms with Gasteiger partial charge in [0.2, 0.25) is 0 Å². The van der Waals surface area contributed by atoms with Crippen LogP contribution in [0.5, 0.6) is 0 Å². The van der Waals surface area contributed by atoms with Crippen LogP contribution >= 0.6 is 24.0 Å². The molecule has 1 fully saturated rings. The van der Waals surface area contributed by atoms with Crippen molar-refractivity contribution in [2.24, 2.45) is 0 Å². The predicted molar refractivity (Wildman–Crippen MR) is 112 cm³/mol. The van der Waals surface area contributed by atoms with E-state index in [4.69, 9.17) is 16.6 Å². The van der Waals surface area contributed by atoms with Crippen LogP contribution in [0.2, 0.25) is 0 Å². The summed E-state index contributed by atoms with van der Waals surface area (Å²) in [6, 6.07) is 20.3. The second-order valence-corrected chi connectivity index (χ2v) is 7.86. The van der Waals surface area contributed by atoms with Crippen LogP contribution < -0.4 is 5.32 Å². The first-order valence-corrected chi connectivity index (χ1v) is 10.3. The highest BCUT2D eigenvalue weighted by Gasteiger charge is 2.41. The Hall–Kier alpha value is -2.31. The Morgan fingerprint density at radius 3 is 2.67 bits per heavy atom. The van der Waals surface area contributed by atoms with Gasteiger partial charge in [-0.15, -0.1) is 0 Å². The molecule has 0 saturated carbocycles. The number of furan rings is 1. The third-order valence-corrected chi connectivity index (χ3v) is 5.80.